The molecule has 2 aromatic rings. The van der Waals surface area contributed by atoms with Crippen molar-refractivity contribution in [1.29, 1.82) is 0 Å². The highest BCUT2D eigenvalue weighted by molar-refractivity contribution is 5.92. The minimum absolute atomic E-state index is 0.173. The number of amides is 1. The summed E-state index contributed by atoms with van der Waals surface area (Å²) in [7, 11) is 1.80. The molecule has 0 aliphatic carbocycles. The van der Waals surface area contributed by atoms with Gasteiger partial charge in [-0.15, -0.1) is 0 Å². The highest BCUT2D eigenvalue weighted by Gasteiger charge is 2.15. The fourth-order valence-electron chi connectivity index (χ4n) is 2.19. The lowest BCUT2D eigenvalue weighted by Gasteiger charge is -2.11. The molecular weight excluding hydrogens is 300 g/mol. The summed E-state index contributed by atoms with van der Waals surface area (Å²) in [6, 6.07) is 6.50. The topological polar surface area (TPSA) is 78.8 Å². The van der Waals surface area contributed by atoms with E-state index in [-0.39, 0.29) is 30.5 Å². The fourth-order valence-corrected chi connectivity index (χ4v) is 2.19. The Bertz CT molecular complexity index is 813. The van der Waals surface area contributed by atoms with E-state index in [2.05, 4.69) is 5.32 Å². The van der Waals surface area contributed by atoms with Crippen molar-refractivity contribution in [3.8, 4) is 17.2 Å². The van der Waals surface area contributed by atoms with E-state index in [1.807, 2.05) is 0 Å². The smallest absolute Gasteiger partial charge is 0.262 e. The van der Waals surface area contributed by atoms with Gasteiger partial charge in [0.15, 0.2) is 23.9 Å². The van der Waals surface area contributed by atoms with Crippen LogP contribution in [-0.2, 0) is 11.8 Å². The van der Waals surface area contributed by atoms with E-state index in [0.29, 0.717) is 22.9 Å². The third kappa shape index (κ3) is 3.13. The number of pyridine rings is 1. The molecule has 0 radical (unpaired) electrons. The van der Waals surface area contributed by atoms with Crippen molar-refractivity contribution in [2.24, 2.45) is 7.05 Å². The number of carbonyl (C=O) groups excluding carboxylic acids is 1. The molecule has 0 spiro atoms. The molecule has 0 saturated heterocycles. The molecule has 7 nitrogen and oxygen atoms in total. The summed E-state index contributed by atoms with van der Waals surface area (Å²) in [6.45, 7) is 1.67. The molecule has 0 unspecified atom stereocenters. The maximum absolute atomic E-state index is 12.0. The van der Waals surface area contributed by atoms with Gasteiger partial charge in [0.2, 0.25) is 12.2 Å². The third-order valence-corrected chi connectivity index (χ3v) is 3.53. The Morgan fingerprint density at radius 2 is 2.09 bits per heavy atom. The zero-order valence-corrected chi connectivity index (χ0v) is 12.8. The number of rotatable bonds is 4. The van der Waals surface area contributed by atoms with Crippen LogP contribution in [0.2, 0.25) is 0 Å². The molecule has 2 heterocycles. The standard InChI is InChI=1S/C16H16N2O5/c1-10-16(12(19)5-6-18(10)2)21-8-15(20)17-11-3-4-13-14(7-11)23-9-22-13/h3-7H,8-9H2,1-2H3,(H,17,20). The minimum atomic E-state index is -0.367. The Labute approximate surface area is 132 Å². The van der Waals surface area contributed by atoms with E-state index in [0.717, 1.165) is 0 Å². The first kappa shape index (κ1) is 15.0. The second kappa shape index (κ2) is 6.04. The zero-order valence-electron chi connectivity index (χ0n) is 12.8. The van der Waals surface area contributed by atoms with E-state index in [9.17, 15) is 9.59 Å². The van der Waals surface area contributed by atoms with E-state index in [1.54, 1.807) is 42.9 Å². The molecule has 0 bridgehead atoms. The number of fused-ring (bicyclic) bond motifs is 1. The summed E-state index contributed by atoms with van der Waals surface area (Å²) in [5, 5.41) is 2.69. The molecule has 3 rings (SSSR count). The van der Waals surface area contributed by atoms with Gasteiger partial charge in [-0.1, -0.05) is 0 Å². The van der Waals surface area contributed by atoms with Crippen LogP contribution in [0.5, 0.6) is 17.2 Å². The molecule has 120 valence electrons. The van der Waals surface area contributed by atoms with Crippen molar-refractivity contribution in [2.75, 3.05) is 18.7 Å². The van der Waals surface area contributed by atoms with Gasteiger partial charge in [0.05, 0.1) is 5.69 Å². The average Bonchev–Trinajstić information content (AvgIpc) is 2.99. The SMILES string of the molecule is Cc1c(OCC(=O)Nc2ccc3c(c2)OCO3)c(=O)ccn1C. The number of aromatic nitrogens is 1. The molecule has 1 aromatic heterocycles. The van der Waals surface area contributed by atoms with E-state index < -0.39 is 0 Å². The van der Waals surface area contributed by atoms with Crippen LogP contribution in [0.4, 0.5) is 5.69 Å². The molecule has 1 amide bonds. The molecule has 23 heavy (non-hydrogen) atoms. The highest BCUT2D eigenvalue weighted by atomic mass is 16.7. The molecular formula is C16H16N2O5. The quantitative estimate of drug-likeness (QED) is 0.923. The van der Waals surface area contributed by atoms with Crippen molar-refractivity contribution in [3.63, 3.8) is 0 Å². The first-order valence-corrected chi connectivity index (χ1v) is 7.03. The molecule has 7 heteroatoms. The lowest BCUT2D eigenvalue weighted by atomic mass is 10.3. The van der Waals surface area contributed by atoms with Crippen LogP contribution in [0.25, 0.3) is 0 Å². The van der Waals surface area contributed by atoms with Gasteiger partial charge in [0.1, 0.15) is 0 Å². The molecule has 1 aliphatic rings. The number of carbonyl (C=O) groups is 1. The largest absolute Gasteiger partial charge is 0.478 e. The van der Waals surface area contributed by atoms with Crippen LogP contribution >= 0.6 is 0 Å². The third-order valence-electron chi connectivity index (χ3n) is 3.53. The first-order chi connectivity index (χ1) is 11.0. The molecule has 1 aliphatic heterocycles. The van der Waals surface area contributed by atoms with Gasteiger partial charge in [-0.2, -0.15) is 0 Å². The summed E-state index contributed by atoms with van der Waals surface area (Å²) in [4.78, 5) is 23.8. The maximum Gasteiger partial charge on any atom is 0.262 e. The van der Waals surface area contributed by atoms with E-state index in [4.69, 9.17) is 14.2 Å². The highest BCUT2D eigenvalue weighted by Crippen LogP contribution is 2.34. The maximum atomic E-state index is 12.0. The van der Waals surface area contributed by atoms with Gasteiger partial charge < -0.3 is 24.1 Å². The van der Waals surface area contributed by atoms with Crippen LogP contribution < -0.4 is 25.0 Å². The van der Waals surface area contributed by atoms with Crippen LogP contribution in [0.15, 0.2) is 35.3 Å². The van der Waals surface area contributed by atoms with Crippen molar-refractivity contribution < 1.29 is 19.0 Å². The second-order valence-corrected chi connectivity index (χ2v) is 5.11. The molecule has 0 saturated carbocycles. The van der Waals surface area contributed by atoms with Gasteiger partial charge in [-0.05, 0) is 19.1 Å². The van der Waals surface area contributed by atoms with Gasteiger partial charge >= 0.3 is 0 Å². The Hall–Kier alpha value is -2.96. The predicted molar refractivity (Wildman–Crippen MR) is 83.1 cm³/mol. The Kier molecular flexibility index (Phi) is 3.92. The van der Waals surface area contributed by atoms with Crippen LogP contribution in [0.1, 0.15) is 5.69 Å². The number of benzene rings is 1. The number of ether oxygens (including phenoxy) is 3. The summed E-state index contributed by atoms with van der Waals surface area (Å²) < 4.78 is 17.6. The Morgan fingerprint density at radius 3 is 2.91 bits per heavy atom. The molecule has 0 fully saturated rings. The normalized spacial score (nSPS) is 12.1. The van der Waals surface area contributed by atoms with Gasteiger partial charge in [0, 0.05) is 31.1 Å². The first-order valence-electron chi connectivity index (χ1n) is 7.03. The van der Waals surface area contributed by atoms with Crippen LogP contribution in [-0.4, -0.2) is 23.9 Å². The lowest BCUT2D eigenvalue weighted by molar-refractivity contribution is -0.118. The number of hydrogen-bond acceptors (Lipinski definition) is 5. The van der Waals surface area contributed by atoms with E-state index in [1.165, 1.54) is 6.07 Å². The van der Waals surface area contributed by atoms with Crippen LogP contribution in [0, 0.1) is 6.92 Å². The zero-order chi connectivity index (χ0) is 16.4. The Balaban J connectivity index is 1.64. The summed E-state index contributed by atoms with van der Waals surface area (Å²) in [5.41, 5.74) is 0.977. The number of aryl methyl sites for hydroxylation is 1. The van der Waals surface area contributed by atoms with Crippen molar-refractivity contribution in [1.82, 2.24) is 4.57 Å². The van der Waals surface area contributed by atoms with Gasteiger partial charge in [-0.3, -0.25) is 9.59 Å². The van der Waals surface area contributed by atoms with Gasteiger partial charge in [-0.25, -0.2) is 0 Å². The second-order valence-electron chi connectivity index (χ2n) is 5.11. The molecule has 1 N–H and O–H groups in total. The predicted octanol–water partition coefficient (Wildman–Crippen LogP) is 1.44. The van der Waals surface area contributed by atoms with E-state index >= 15 is 0 Å². The number of anilines is 1. The average molecular weight is 316 g/mol. The van der Waals surface area contributed by atoms with Crippen molar-refractivity contribution in [3.05, 3.63) is 46.4 Å². The lowest BCUT2D eigenvalue weighted by Crippen LogP contribution is -2.23. The van der Waals surface area contributed by atoms with Crippen LogP contribution in [0.3, 0.4) is 0 Å². The fraction of sp³-hybridized carbons (Fsp3) is 0.250. The Morgan fingerprint density at radius 1 is 1.30 bits per heavy atom. The summed E-state index contributed by atoms with van der Waals surface area (Å²) in [6.07, 6.45) is 1.65. The number of nitrogens with zero attached hydrogens (tertiary/aromatic N) is 1. The van der Waals surface area contributed by atoms with Crippen molar-refractivity contribution in [2.45, 2.75) is 6.92 Å². The molecule has 1 aromatic carbocycles. The number of nitrogens with one attached hydrogen (secondary N) is 1. The number of hydrogen-bond donors (Lipinski definition) is 1. The minimum Gasteiger partial charge on any atom is -0.478 e. The van der Waals surface area contributed by atoms with Crippen molar-refractivity contribution >= 4 is 11.6 Å². The summed E-state index contributed by atoms with van der Waals surface area (Å²) >= 11 is 0. The monoisotopic (exact) mass is 316 g/mol. The van der Waals surface area contributed by atoms with Gasteiger partial charge in [0.25, 0.3) is 5.91 Å². The molecule has 0 atom stereocenters. The summed E-state index contributed by atoms with van der Waals surface area (Å²) in [5.74, 6) is 1.03.